The van der Waals surface area contributed by atoms with Gasteiger partial charge in [0.1, 0.15) is 0 Å². The van der Waals surface area contributed by atoms with Crippen LogP contribution in [0.5, 0.6) is 0 Å². The van der Waals surface area contributed by atoms with Crippen molar-refractivity contribution >= 4 is 21.6 Å². The maximum absolute atomic E-state index is 12.9. The van der Waals surface area contributed by atoms with Crippen LogP contribution in [-0.2, 0) is 16.6 Å². The molecule has 0 aliphatic carbocycles. The topological polar surface area (TPSA) is 84.3 Å². The highest BCUT2D eigenvalue weighted by atomic mass is 32.2. The van der Waals surface area contributed by atoms with E-state index in [4.69, 9.17) is 0 Å². The first-order chi connectivity index (χ1) is 14.3. The van der Waals surface area contributed by atoms with Crippen LogP contribution >= 0.6 is 0 Å². The van der Waals surface area contributed by atoms with Crippen molar-refractivity contribution in [1.29, 1.82) is 0 Å². The molecule has 2 aromatic carbocycles. The van der Waals surface area contributed by atoms with Crippen LogP contribution in [0.1, 0.15) is 35.3 Å². The average Bonchev–Trinajstić information content (AvgIpc) is 3.23. The zero-order chi connectivity index (χ0) is 21.7. The van der Waals surface area contributed by atoms with Gasteiger partial charge < -0.3 is 5.32 Å². The Kier molecular flexibility index (Phi) is 6.69. The number of carbonyl (C=O) groups excluding carboxylic acids is 1. The number of aromatic nitrogens is 2. The largest absolute Gasteiger partial charge is 0.322 e. The number of benzene rings is 2. The van der Waals surface area contributed by atoms with Gasteiger partial charge in [-0.25, -0.2) is 8.42 Å². The molecule has 0 unspecified atom stereocenters. The van der Waals surface area contributed by atoms with E-state index in [1.807, 2.05) is 24.4 Å². The van der Waals surface area contributed by atoms with Crippen molar-refractivity contribution < 1.29 is 13.2 Å². The fourth-order valence-corrected chi connectivity index (χ4v) is 4.91. The Balaban J connectivity index is 1.77. The number of amides is 1. The van der Waals surface area contributed by atoms with E-state index < -0.39 is 10.0 Å². The molecule has 0 fully saturated rings. The van der Waals surface area contributed by atoms with Gasteiger partial charge >= 0.3 is 0 Å². The van der Waals surface area contributed by atoms with Crippen LogP contribution in [0.15, 0.2) is 65.8 Å². The number of rotatable bonds is 8. The summed E-state index contributed by atoms with van der Waals surface area (Å²) in [6.45, 7) is 6.76. The summed E-state index contributed by atoms with van der Waals surface area (Å²) in [5.41, 5.74) is 2.60. The van der Waals surface area contributed by atoms with Gasteiger partial charge in [0.2, 0.25) is 10.0 Å². The van der Waals surface area contributed by atoms with Gasteiger partial charge in [0.15, 0.2) is 0 Å². The average molecular weight is 427 g/mol. The molecule has 0 bridgehead atoms. The Morgan fingerprint density at radius 1 is 1.10 bits per heavy atom. The van der Waals surface area contributed by atoms with Crippen molar-refractivity contribution in [3.05, 3.63) is 77.6 Å². The Hall–Kier alpha value is -2.97. The number of nitrogens with one attached hydrogen (secondary N) is 1. The van der Waals surface area contributed by atoms with E-state index in [1.54, 1.807) is 55.9 Å². The monoisotopic (exact) mass is 426 g/mol. The van der Waals surface area contributed by atoms with E-state index in [-0.39, 0.29) is 10.8 Å². The predicted octanol–water partition coefficient (Wildman–Crippen LogP) is 3.52. The van der Waals surface area contributed by atoms with Gasteiger partial charge in [-0.15, -0.1) is 0 Å². The minimum atomic E-state index is -3.61. The highest BCUT2D eigenvalue weighted by Gasteiger charge is 2.24. The molecule has 30 heavy (non-hydrogen) atoms. The van der Waals surface area contributed by atoms with Crippen LogP contribution in [-0.4, -0.2) is 41.5 Å². The third-order valence-electron chi connectivity index (χ3n) is 4.89. The van der Waals surface area contributed by atoms with Gasteiger partial charge in [0.05, 0.1) is 11.4 Å². The summed E-state index contributed by atoms with van der Waals surface area (Å²) in [4.78, 5) is 12.9. The first-order valence-electron chi connectivity index (χ1n) is 9.83. The van der Waals surface area contributed by atoms with Crippen molar-refractivity contribution in [3.8, 4) is 0 Å². The Labute approximate surface area is 177 Å². The molecule has 0 saturated heterocycles. The van der Waals surface area contributed by atoms with Gasteiger partial charge in [-0.1, -0.05) is 32.0 Å². The fraction of sp³-hybridized carbons (Fsp3) is 0.273. The maximum Gasteiger partial charge on any atom is 0.255 e. The van der Waals surface area contributed by atoms with E-state index in [2.05, 4.69) is 10.4 Å². The van der Waals surface area contributed by atoms with Crippen molar-refractivity contribution in [1.82, 2.24) is 14.1 Å². The van der Waals surface area contributed by atoms with E-state index in [9.17, 15) is 13.2 Å². The third-order valence-corrected chi connectivity index (χ3v) is 7.08. The van der Waals surface area contributed by atoms with Crippen molar-refractivity contribution in [2.45, 2.75) is 32.2 Å². The molecule has 0 spiro atoms. The molecule has 8 heteroatoms. The highest BCUT2D eigenvalue weighted by Crippen LogP contribution is 2.24. The fourth-order valence-electron chi connectivity index (χ4n) is 3.20. The number of sulfonamides is 1. The minimum absolute atomic E-state index is 0.207. The van der Waals surface area contributed by atoms with Gasteiger partial charge in [0.25, 0.3) is 5.91 Å². The molecule has 0 aliphatic heterocycles. The summed E-state index contributed by atoms with van der Waals surface area (Å²) >= 11 is 0. The number of anilines is 1. The SMILES string of the molecule is CCN(CC)S(=O)(=O)c1cc(NC(=O)c2ccc(Cn3cccn3)cc2)ccc1C. The van der Waals surface area contributed by atoms with Crippen molar-refractivity contribution in [2.24, 2.45) is 0 Å². The molecule has 1 aromatic heterocycles. The zero-order valence-corrected chi connectivity index (χ0v) is 18.2. The van der Waals surface area contributed by atoms with E-state index in [1.165, 1.54) is 10.4 Å². The van der Waals surface area contributed by atoms with Crippen LogP contribution in [0.3, 0.4) is 0 Å². The van der Waals surface area contributed by atoms with Crippen molar-refractivity contribution in [3.63, 3.8) is 0 Å². The highest BCUT2D eigenvalue weighted by molar-refractivity contribution is 7.89. The molecule has 1 amide bonds. The van der Waals surface area contributed by atoms with Gasteiger partial charge in [-0.2, -0.15) is 9.40 Å². The minimum Gasteiger partial charge on any atom is -0.322 e. The normalized spacial score (nSPS) is 11.6. The Morgan fingerprint density at radius 3 is 2.40 bits per heavy atom. The lowest BCUT2D eigenvalue weighted by Crippen LogP contribution is -2.31. The lowest BCUT2D eigenvalue weighted by molar-refractivity contribution is 0.102. The Morgan fingerprint density at radius 2 is 1.80 bits per heavy atom. The molecule has 0 radical (unpaired) electrons. The smallest absolute Gasteiger partial charge is 0.255 e. The van der Waals surface area contributed by atoms with Gasteiger partial charge in [0, 0.05) is 36.7 Å². The Bertz CT molecular complexity index is 1100. The van der Waals surface area contributed by atoms with Crippen LogP contribution in [0, 0.1) is 6.92 Å². The number of carbonyl (C=O) groups is 1. The summed E-state index contributed by atoms with van der Waals surface area (Å²) < 4.78 is 29.0. The quantitative estimate of drug-likeness (QED) is 0.597. The third kappa shape index (κ3) is 4.77. The molecule has 3 rings (SSSR count). The molecule has 3 aromatic rings. The molecular formula is C22H26N4O3S. The standard InChI is InChI=1S/C22H26N4O3S/c1-4-26(5-2)30(28,29)21-15-20(12-7-17(21)3)24-22(27)19-10-8-18(9-11-19)16-25-14-6-13-23-25/h6-15H,4-5,16H2,1-3H3,(H,24,27). The molecular weight excluding hydrogens is 400 g/mol. The summed E-state index contributed by atoms with van der Waals surface area (Å²) in [6, 6.07) is 14.0. The molecule has 0 atom stereocenters. The van der Waals surface area contributed by atoms with Crippen LogP contribution in [0.25, 0.3) is 0 Å². The van der Waals surface area contributed by atoms with Crippen LogP contribution in [0.2, 0.25) is 0 Å². The molecule has 1 N–H and O–H groups in total. The lowest BCUT2D eigenvalue weighted by atomic mass is 10.1. The second-order valence-electron chi connectivity index (χ2n) is 6.92. The van der Waals surface area contributed by atoms with Gasteiger partial charge in [-0.3, -0.25) is 9.48 Å². The van der Waals surface area contributed by atoms with E-state index in [0.717, 1.165) is 5.56 Å². The van der Waals surface area contributed by atoms with Crippen LogP contribution < -0.4 is 5.32 Å². The second kappa shape index (κ2) is 9.23. The second-order valence-corrected chi connectivity index (χ2v) is 8.83. The number of hydrogen-bond donors (Lipinski definition) is 1. The van der Waals surface area contributed by atoms with Crippen molar-refractivity contribution in [2.75, 3.05) is 18.4 Å². The molecule has 1 heterocycles. The summed E-state index contributed by atoms with van der Waals surface area (Å²) in [5, 5.41) is 6.97. The number of hydrogen-bond acceptors (Lipinski definition) is 4. The maximum atomic E-state index is 12.9. The van der Waals surface area contributed by atoms with Crippen LogP contribution in [0.4, 0.5) is 5.69 Å². The molecule has 0 saturated carbocycles. The lowest BCUT2D eigenvalue weighted by Gasteiger charge is -2.20. The summed E-state index contributed by atoms with van der Waals surface area (Å²) in [5.74, 6) is -0.296. The first kappa shape index (κ1) is 21.7. The van der Waals surface area contributed by atoms with Gasteiger partial charge in [-0.05, 0) is 48.4 Å². The zero-order valence-electron chi connectivity index (χ0n) is 17.4. The summed E-state index contributed by atoms with van der Waals surface area (Å²) in [7, 11) is -3.61. The summed E-state index contributed by atoms with van der Waals surface area (Å²) in [6.07, 6.45) is 3.60. The first-order valence-corrected chi connectivity index (χ1v) is 11.3. The molecule has 0 aliphatic rings. The molecule has 158 valence electrons. The number of nitrogens with zero attached hydrogens (tertiary/aromatic N) is 3. The number of aryl methyl sites for hydroxylation is 1. The van der Waals surface area contributed by atoms with E-state index in [0.29, 0.717) is 36.4 Å². The predicted molar refractivity (Wildman–Crippen MR) is 117 cm³/mol. The van der Waals surface area contributed by atoms with E-state index >= 15 is 0 Å². The molecule has 7 nitrogen and oxygen atoms in total.